The number of benzene rings is 2. The van der Waals surface area contributed by atoms with Crippen LogP contribution in [0.15, 0.2) is 57.9 Å². The van der Waals surface area contributed by atoms with Crippen LogP contribution in [-0.4, -0.2) is 64.0 Å². The van der Waals surface area contributed by atoms with E-state index < -0.39 is 10.0 Å². The number of rotatable bonds is 5. The van der Waals surface area contributed by atoms with E-state index in [9.17, 15) is 12.8 Å². The van der Waals surface area contributed by atoms with Gasteiger partial charge in [0.05, 0.1) is 17.1 Å². The van der Waals surface area contributed by atoms with Crippen molar-refractivity contribution in [3.8, 4) is 5.69 Å². The van der Waals surface area contributed by atoms with Crippen LogP contribution in [0.5, 0.6) is 0 Å². The van der Waals surface area contributed by atoms with E-state index in [1.54, 1.807) is 41.1 Å². The molecule has 0 atom stereocenters. The van der Waals surface area contributed by atoms with Crippen molar-refractivity contribution in [1.29, 1.82) is 0 Å². The molecule has 4 rings (SSSR count). The molecule has 29 heavy (non-hydrogen) atoms. The molecule has 1 aliphatic heterocycles. The molecule has 1 aliphatic rings. The van der Waals surface area contributed by atoms with Gasteiger partial charge in [-0.3, -0.25) is 4.90 Å². The number of piperazine rings is 1. The normalized spacial score (nSPS) is 16.2. The average molecular weight is 481 g/mol. The SMILES string of the molecule is O=S(=O)(c1ccc(Br)cc1)N1CCN(Cc2nnnn2-c2ccc(F)cc2)CC1. The van der Waals surface area contributed by atoms with Crippen molar-refractivity contribution in [1.82, 2.24) is 29.4 Å². The summed E-state index contributed by atoms with van der Waals surface area (Å²) in [6.45, 7) is 2.36. The summed E-state index contributed by atoms with van der Waals surface area (Å²) in [7, 11) is -3.51. The predicted octanol–water partition coefficient (Wildman–Crippen LogP) is 2.07. The zero-order valence-corrected chi connectivity index (χ0v) is 17.7. The van der Waals surface area contributed by atoms with Crippen molar-refractivity contribution in [3.05, 3.63) is 64.6 Å². The monoisotopic (exact) mass is 480 g/mol. The van der Waals surface area contributed by atoms with E-state index in [0.717, 1.165) is 4.47 Å². The summed E-state index contributed by atoms with van der Waals surface area (Å²) in [6, 6.07) is 12.6. The Morgan fingerprint density at radius 3 is 2.28 bits per heavy atom. The molecule has 0 spiro atoms. The number of aromatic nitrogens is 4. The van der Waals surface area contributed by atoms with Crippen molar-refractivity contribution in [2.75, 3.05) is 26.2 Å². The number of tetrazole rings is 1. The molecule has 0 bridgehead atoms. The molecule has 1 fully saturated rings. The number of hydrogen-bond donors (Lipinski definition) is 0. The highest BCUT2D eigenvalue weighted by molar-refractivity contribution is 9.10. The third-order valence-corrected chi connectivity index (χ3v) is 7.19. The zero-order valence-electron chi connectivity index (χ0n) is 15.3. The van der Waals surface area contributed by atoms with Gasteiger partial charge in [-0.25, -0.2) is 12.8 Å². The van der Waals surface area contributed by atoms with E-state index in [-0.39, 0.29) is 10.7 Å². The van der Waals surface area contributed by atoms with E-state index in [1.165, 1.54) is 16.4 Å². The molecule has 2 aromatic carbocycles. The van der Waals surface area contributed by atoms with Gasteiger partial charge >= 0.3 is 0 Å². The number of sulfonamides is 1. The van der Waals surface area contributed by atoms with Gasteiger partial charge in [-0.05, 0) is 59.0 Å². The molecule has 0 N–H and O–H groups in total. The first-order valence-corrected chi connectivity index (χ1v) is 11.2. The molecular formula is C18H18BrFN6O2S. The van der Waals surface area contributed by atoms with Crippen LogP contribution in [0.1, 0.15) is 5.82 Å². The average Bonchev–Trinajstić information content (AvgIpc) is 3.17. The van der Waals surface area contributed by atoms with Crippen molar-refractivity contribution < 1.29 is 12.8 Å². The van der Waals surface area contributed by atoms with Crippen LogP contribution in [0.4, 0.5) is 4.39 Å². The highest BCUT2D eigenvalue weighted by Crippen LogP contribution is 2.20. The van der Waals surface area contributed by atoms with E-state index in [4.69, 9.17) is 0 Å². The Balaban J connectivity index is 1.42. The Morgan fingerprint density at radius 1 is 0.966 bits per heavy atom. The van der Waals surface area contributed by atoms with Crippen LogP contribution < -0.4 is 0 Å². The second-order valence-corrected chi connectivity index (χ2v) is 9.47. The fourth-order valence-corrected chi connectivity index (χ4v) is 4.86. The van der Waals surface area contributed by atoms with Crippen molar-refractivity contribution >= 4 is 26.0 Å². The Bertz CT molecular complexity index is 1080. The molecular weight excluding hydrogens is 463 g/mol. The second-order valence-electron chi connectivity index (χ2n) is 6.62. The highest BCUT2D eigenvalue weighted by Gasteiger charge is 2.29. The summed E-state index contributed by atoms with van der Waals surface area (Å²) in [6.07, 6.45) is 0. The largest absolute Gasteiger partial charge is 0.293 e. The molecule has 0 unspecified atom stereocenters. The van der Waals surface area contributed by atoms with E-state index in [0.29, 0.717) is 44.2 Å². The van der Waals surface area contributed by atoms with Gasteiger partial charge in [-0.2, -0.15) is 8.99 Å². The van der Waals surface area contributed by atoms with Gasteiger partial charge in [0.1, 0.15) is 5.82 Å². The lowest BCUT2D eigenvalue weighted by atomic mass is 10.3. The fraction of sp³-hybridized carbons (Fsp3) is 0.278. The second kappa shape index (κ2) is 8.27. The Hall–Kier alpha value is -2.21. The number of hydrogen-bond acceptors (Lipinski definition) is 6. The highest BCUT2D eigenvalue weighted by atomic mass is 79.9. The fourth-order valence-electron chi connectivity index (χ4n) is 3.17. The van der Waals surface area contributed by atoms with Gasteiger partial charge in [0.25, 0.3) is 0 Å². The van der Waals surface area contributed by atoms with Crippen LogP contribution in [0, 0.1) is 5.82 Å². The molecule has 0 amide bonds. The zero-order chi connectivity index (χ0) is 20.4. The summed E-state index contributed by atoms with van der Waals surface area (Å²) >= 11 is 3.32. The van der Waals surface area contributed by atoms with Crippen molar-refractivity contribution in [3.63, 3.8) is 0 Å². The molecule has 2 heterocycles. The Labute approximate surface area is 176 Å². The molecule has 8 nitrogen and oxygen atoms in total. The standard InChI is InChI=1S/C18H18BrFN6O2S/c19-14-1-7-17(8-2-14)29(27,28)25-11-9-24(10-12-25)13-18-21-22-23-26(18)16-5-3-15(20)4-6-16/h1-8H,9-13H2. The molecule has 0 radical (unpaired) electrons. The van der Waals surface area contributed by atoms with Crippen molar-refractivity contribution in [2.24, 2.45) is 0 Å². The lowest BCUT2D eigenvalue weighted by Crippen LogP contribution is -2.48. The van der Waals surface area contributed by atoms with Crippen LogP contribution in [0.25, 0.3) is 5.69 Å². The lowest BCUT2D eigenvalue weighted by Gasteiger charge is -2.33. The van der Waals surface area contributed by atoms with Crippen LogP contribution in [-0.2, 0) is 16.6 Å². The number of nitrogens with zero attached hydrogens (tertiary/aromatic N) is 6. The minimum Gasteiger partial charge on any atom is -0.293 e. The topological polar surface area (TPSA) is 84.2 Å². The van der Waals surface area contributed by atoms with Crippen molar-refractivity contribution in [2.45, 2.75) is 11.4 Å². The van der Waals surface area contributed by atoms with Gasteiger partial charge in [-0.15, -0.1) is 5.10 Å². The van der Waals surface area contributed by atoms with E-state index in [2.05, 4.69) is 36.4 Å². The Morgan fingerprint density at radius 2 is 1.62 bits per heavy atom. The van der Waals surface area contributed by atoms with Gasteiger partial charge in [0.2, 0.25) is 10.0 Å². The van der Waals surface area contributed by atoms with Crippen LogP contribution in [0.2, 0.25) is 0 Å². The first kappa shape index (κ1) is 20.1. The molecule has 3 aromatic rings. The maximum atomic E-state index is 13.2. The third kappa shape index (κ3) is 4.37. The van der Waals surface area contributed by atoms with Gasteiger partial charge < -0.3 is 0 Å². The van der Waals surface area contributed by atoms with Gasteiger partial charge in [0, 0.05) is 30.7 Å². The van der Waals surface area contributed by atoms with Gasteiger partial charge in [-0.1, -0.05) is 15.9 Å². The molecule has 1 saturated heterocycles. The number of halogens is 2. The van der Waals surface area contributed by atoms with Crippen LogP contribution >= 0.6 is 15.9 Å². The first-order valence-electron chi connectivity index (χ1n) is 8.95. The summed E-state index contributed by atoms with van der Waals surface area (Å²) in [5, 5.41) is 11.8. The molecule has 0 aliphatic carbocycles. The Kier molecular flexibility index (Phi) is 5.72. The molecule has 0 saturated carbocycles. The summed E-state index contributed by atoms with van der Waals surface area (Å²) in [5.41, 5.74) is 0.669. The quantitative estimate of drug-likeness (QED) is 0.555. The third-order valence-electron chi connectivity index (χ3n) is 4.75. The molecule has 152 valence electrons. The molecule has 1 aromatic heterocycles. The first-order chi connectivity index (χ1) is 13.9. The van der Waals surface area contributed by atoms with Crippen LogP contribution in [0.3, 0.4) is 0 Å². The summed E-state index contributed by atoms with van der Waals surface area (Å²) in [4.78, 5) is 2.38. The van der Waals surface area contributed by atoms with E-state index in [1.807, 2.05) is 0 Å². The lowest BCUT2D eigenvalue weighted by molar-refractivity contribution is 0.177. The van der Waals surface area contributed by atoms with E-state index >= 15 is 0 Å². The maximum absolute atomic E-state index is 13.2. The van der Waals surface area contributed by atoms with Gasteiger partial charge in [0.15, 0.2) is 5.82 Å². The minimum absolute atomic E-state index is 0.286. The molecule has 11 heteroatoms. The minimum atomic E-state index is -3.51. The summed E-state index contributed by atoms with van der Waals surface area (Å²) < 4.78 is 42.7. The predicted molar refractivity (Wildman–Crippen MR) is 107 cm³/mol. The smallest absolute Gasteiger partial charge is 0.243 e. The maximum Gasteiger partial charge on any atom is 0.243 e. The summed E-state index contributed by atoms with van der Waals surface area (Å²) in [5.74, 6) is 0.285.